The molecule has 1 atom stereocenters. The van der Waals surface area contributed by atoms with E-state index in [1.165, 1.54) is 0 Å². The number of fused-ring (bicyclic) bond motifs is 1. The molecule has 1 N–H and O–H groups in total. The summed E-state index contributed by atoms with van der Waals surface area (Å²) in [5.41, 5.74) is 1.77. The Morgan fingerprint density at radius 1 is 1.35 bits per heavy atom. The summed E-state index contributed by atoms with van der Waals surface area (Å²) in [6.45, 7) is 0.131. The first-order valence-corrected chi connectivity index (χ1v) is 7.01. The Balaban J connectivity index is 2.45. The molecule has 92 valence electrons. The summed E-state index contributed by atoms with van der Waals surface area (Å²) >= 11 is 0. The molecule has 0 aromatic heterocycles. The maximum absolute atomic E-state index is 11.6. The highest BCUT2D eigenvalue weighted by Crippen LogP contribution is 2.25. The normalized spacial score (nSPS) is 20.9. The minimum atomic E-state index is -3.51. The van der Waals surface area contributed by atoms with E-state index in [0.717, 1.165) is 21.7 Å². The summed E-state index contributed by atoms with van der Waals surface area (Å²) in [5, 5.41) is 9.09. The van der Waals surface area contributed by atoms with Crippen LogP contribution in [0.4, 0.5) is 0 Å². The minimum Gasteiger partial charge on any atom is -0.480 e. The first-order valence-electron chi connectivity index (χ1n) is 5.16. The highest BCUT2D eigenvalue weighted by Gasteiger charge is 2.36. The number of carbonyl (C=O) groups is 1. The van der Waals surface area contributed by atoms with E-state index >= 15 is 0 Å². The standard InChI is InChI=1S/C11H13NO4S/c1-17(15,16)12-7-9-5-3-2-4-8(9)6-10(12)11(13)14/h2-5,10H,6-7H2,1H3,(H,13,14)/t10-/m0/s1. The molecule has 0 amide bonds. The Labute approximate surface area is 99.7 Å². The lowest BCUT2D eigenvalue weighted by atomic mass is 9.96. The Hall–Kier alpha value is -1.40. The second kappa shape index (κ2) is 4.12. The van der Waals surface area contributed by atoms with Gasteiger partial charge in [-0.15, -0.1) is 0 Å². The maximum Gasteiger partial charge on any atom is 0.322 e. The van der Waals surface area contributed by atoms with Gasteiger partial charge in [0.1, 0.15) is 6.04 Å². The molecule has 0 unspecified atom stereocenters. The van der Waals surface area contributed by atoms with Crippen molar-refractivity contribution in [2.24, 2.45) is 0 Å². The third kappa shape index (κ3) is 2.32. The van der Waals surface area contributed by atoms with E-state index in [4.69, 9.17) is 5.11 Å². The third-order valence-electron chi connectivity index (χ3n) is 2.92. The molecule has 1 aliphatic heterocycles. The molecule has 1 aromatic rings. The summed E-state index contributed by atoms with van der Waals surface area (Å²) < 4.78 is 24.2. The van der Waals surface area contributed by atoms with Gasteiger partial charge in [-0.1, -0.05) is 24.3 Å². The number of aliphatic carboxylic acids is 1. The van der Waals surface area contributed by atoms with Gasteiger partial charge in [0.25, 0.3) is 0 Å². The maximum atomic E-state index is 11.6. The van der Waals surface area contributed by atoms with Gasteiger partial charge in [-0.25, -0.2) is 8.42 Å². The molecule has 2 rings (SSSR count). The van der Waals surface area contributed by atoms with Gasteiger partial charge in [-0.3, -0.25) is 4.79 Å². The van der Waals surface area contributed by atoms with Crippen molar-refractivity contribution in [2.45, 2.75) is 19.0 Å². The van der Waals surface area contributed by atoms with Crippen molar-refractivity contribution >= 4 is 16.0 Å². The van der Waals surface area contributed by atoms with Gasteiger partial charge in [0, 0.05) is 13.0 Å². The third-order valence-corrected chi connectivity index (χ3v) is 4.15. The molecule has 5 nitrogen and oxygen atoms in total. The SMILES string of the molecule is CS(=O)(=O)N1Cc2ccccc2C[C@H]1C(=O)O. The molecular formula is C11H13NO4S. The number of sulfonamides is 1. The number of carboxylic acid groups (broad SMARTS) is 1. The molecule has 17 heavy (non-hydrogen) atoms. The zero-order valence-electron chi connectivity index (χ0n) is 9.33. The Kier molecular flexibility index (Phi) is 2.92. The smallest absolute Gasteiger partial charge is 0.322 e. The fraction of sp³-hybridized carbons (Fsp3) is 0.364. The number of benzene rings is 1. The van der Waals surface area contributed by atoms with E-state index in [1.54, 1.807) is 0 Å². The van der Waals surface area contributed by atoms with Crippen LogP contribution in [-0.2, 0) is 27.8 Å². The van der Waals surface area contributed by atoms with Crippen LogP contribution >= 0.6 is 0 Å². The Morgan fingerprint density at radius 3 is 2.47 bits per heavy atom. The van der Waals surface area contributed by atoms with E-state index < -0.39 is 22.0 Å². The lowest BCUT2D eigenvalue weighted by molar-refractivity contribution is -0.141. The molecule has 0 spiro atoms. The summed E-state index contributed by atoms with van der Waals surface area (Å²) in [7, 11) is -3.51. The quantitative estimate of drug-likeness (QED) is 0.833. The predicted molar refractivity (Wildman–Crippen MR) is 62.0 cm³/mol. The van der Waals surface area contributed by atoms with Crippen LogP contribution < -0.4 is 0 Å². The molecule has 1 heterocycles. The van der Waals surface area contributed by atoms with E-state index in [0.29, 0.717) is 0 Å². The topological polar surface area (TPSA) is 74.7 Å². The van der Waals surface area contributed by atoms with Crippen LogP contribution in [0.3, 0.4) is 0 Å². The first-order chi connectivity index (χ1) is 7.89. The van der Waals surface area contributed by atoms with Crippen molar-refractivity contribution in [1.82, 2.24) is 4.31 Å². The number of carboxylic acids is 1. The summed E-state index contributed by atoms with van der Waals surface area (Å²) in [5.74, 6) is -1.11. The van der Waals surface area contributed by atoms with Crippen LogP contribution in [-0.4, -0.2) is 36.1 Å². The molecule has 6 heteroatoms. The van der Waals surface area contributed by atoms with Gasteiger partial charge in [0.15, 0.2) is 0 Å². The molecular weight excluding hydrogens is 242 g/mol. The molecule has 1 aromatic carbocycles. The first kappa shape index (κ1) is 12.1. The lowest BCUT2D eigenvalue weighted by Crippen LogP contribution is -2.48. The van der Waals surface area contributed by atoms with Gasteiger partial charge in [-0.05, 0) is 11.1 Å². The van der Waals surface area contributed by atoms with Crippen molar-refractivity contribution in [2.75, 3.05) is 6.26 Å². The fourth-order valence-electron chi connectivity index (χ4n) is 2.06. The monoisotopic (exact) mass is 255 g/mol. The predicted octanol–water partition coefficient (Wildman–Crippen LogP) is 0.457. The van der Waals surface area contributed by atoms with Crippen LogP contribution in [0.1, 0.15) is 11.1 Å². The Bertz CT molecular complexity index is 552. The fourth-order valence-corrected chi connectivity index (χ4v) is 3.06. The second-order valence-corrected chi connectivity index (χ2v) is 6.07. The highest BCUT2D eigenvalue weighted by atomic mass is 32.2. The molecule has 0 aliphatic carbocycles. The Morgan fingerprint density at radius 2 is 1.94 bits per heavy atom. The van der Waals surface area contributed by atoms with Crippen molar-refractivity contribution in [3.63, 3.8) is 0 Å². The number of rotatable bonds is 2. The van der Waals surface area contributed by atoms with E-state index in [2.05, 4.69) is 0 Å². The summed E-state index contributed by atoms with van der Waals surface area (Å²) in [4.78, 5) is 11.1. The van der Waals surface area contributed by atoms with Crippen molar-refractivity contribution in [1.29, 1.82) is 0 Å². The molecule has 1 aliphatic rings. The molecule has 0 bridgehead atoms. The zero-order chi connectivity index (χ0) is 12.6. The second-order valence-electron chi connectivity index (χ2n) is 4.14. The van der Waals surface area contributed by atoms with Crippen molar-refractivity contribution < 1.29 is 18.3 Å². The average Bonchev–Trinajstić information content (AvgIpc) is 2.26. The lowest BCUT2D eigenvalue weighted by Gasteiger charge is -2.32. The van der Waals surface area contributed by atoms with Crippen LogP contribution in [0.2, 0.25) is 0 Å². The molecule has 0 saturated heterocycles. The van der Waals surface area contributed by atoms with E-state index in [9.17, 15) is 13.2 Å². The van der Waals surface area contributed by atoms with Gasteiger partial charge in [0.2, 0.25) is 10.0 Å². The van der Waals surface area contributed by atoms with Gasteiger partial charge in [0.05, 0.1) is 6.26 Å². The van der Waals surface area contributed by atoms with Gasteiger partial charge < -0.3 is 5.11 Å². The molecule has 0 radical (unpaired) electrons. The number of hydrogen-bond acceptors (Lipinski definition) is 3. The largest absolute Gasteiger partial charge is 0.480 e. The van der Waals surface area contributed by atoms with Crippen LogP contribution in [0.25, 0.3) is 0 Å². The van der Waals surface area contributed by atoms with Gasteiger partial charge >= 0.3 is 5.97 Å². The highest BCUT2D eigenvalue weighted by molar-refractivity contribution is 7.88. The zero-order valence-corrected chi connectivity index (χ0v) is 10.1. The molecule has 0 fully saturated rings. The summed E-state index contributed by atoms with van der Waals surface area (Å²) in [6.07, 6.45) is 1.26. The van der Waals surface area contributed by atoms with Crippen molar-refractivity contribution in [3.05, 3.63) is 35.4 Å². The average molecular weight is 255 g/mol. The van der Waals surface area contributed by atoms with E-state index in [-0.39, 0.29) is 13.0 Å². The van der Waals surface area contributed by atoms with E-state index in [1.807, 2.05) is 24.3 Å². The molecule has 0 saturated carbocycles. The summed E-state index contributed by atoms with van der Waals surface area (Å²) in [6, 6.07) is 6.31. The van der Waals surface area contributed by atoms with Gasteiger partial charge in [-0.2, -0.15) is 4.31 Å². The van der Waals surface area contributed by atoms with Crippen LogP contribution in [0.5, 0.6) is 0 Å². The minimum absolute atomic E-state index is 0.131. The van der Waals surface area contributed by atoms with Crippen molar-refractivity contribution in [3.8, 4) is 0 Å². The van der Waals surface area contributed by atoms with Crippen LogP contribution in [0, 0.1) is 0 Å². The number of nitrogens with zero attached hydrogens (tertiary/aromatic N) is 1. The van der Waals surface area contributed by atoms with Crippen LogP contribution in [0.15, 0.2) is 24.3 Å². The number of hydrogen-bond donors (Lipinski definition) is 1.